The second-order valence-corrected chi connectivity index (χ2v) is 11.0. The normalized spacial score (nSPS) is 16.2. The number of non-ortho nitro benzene ring substituents is 1. The first-order valence-electron chi connectivity index (χ1n) is 11.8. The Kier molecular flexibility index (Phi) is 6.00. The monoisotopic (exact) mass is 604 g/mol. The molecule has 4 aromatic rings. The fraction of sp³-hybridized carbons (Fsp3) is 0.111. The van der Waals surface area contributed by atoms with Crippen molar-refractivity contribution in [3.63, 3.8) is 0 Å². The zero-order valence-electron chi connectivity index (χ0n) is 19.9. The Balaban J connectivity index is 1.62. The molecule has 3 aromatic carbocycles. The summed E-state index contributed by atoms with van der Waals surface area (Å²) in [5, 5.41) is 33.0. The number of phenols is 1. The zero-order valence-corrected chi connectivity index (χ0v) is 22.3. The smallest absolute Gasteiger partial charge is 0.312 e. The van der Waals surface area contributed by atoms with Crippen LogP contribution in [0.25, 0.3) is 11.8 Å². The highest BCUT2D eigenvalue weighted by molar-refractivity contribution is 9.10. The zero-order chi connectivity index (χ0) is 27.4. The number of hydrogen-bond acceptors (Lipinski definition) is 8. The van der Waals surface area contributed by atoms with E-state index >= 15 is 0 Å². The fourth-order valence-electron chi connectivity index (χ4n) is 5.11. The highest BCUT2D eigenvalue weighted by Gasteiger charge is 2.33. The highest BCUT2D eigenvalue weighted by Crippen LogP contribution is 2.41. The molecule has 2 aliphatic rings. The number of hydrogen-bond donors (Lipinski definition) is 1. The summed E-state index contributed by atoms with van der Waals surface area (Å²) in [6.45, 7) is 0. The van der Waals surface area contributed by atoms with Crippen LogP contribution in [-0.4, -0.2) is 19.5 Å². The van der Waals surface area contributed by atoms with Gasteiger partial charge in [0.2, 0.25) is 5.75 Å². The molecule has 1 aromatic heterocycles. The first kappa shape index (κ1) is 24.9. The van der Waals surface area contributed by atoms with Crippen molar-refractivity contribution in [2.24, 2.45) is 4.99 Å². The van der Waals surface area contributed by atoms with E-state index in [0.717, 1.165) is 40.2 Å². The van der Waals surface area contributed by atoms with E-state index in [-0.39, 0.29) is 20.3 Å². The fourth-order valence-corrected chi connectivity index (χ4v) is 6.58. The molecule has 1 atom stereocenters. The predicted octanol–water partition coefficient (Wildman–Crippen LogP) is 4.60. The van der Waals surface area contributed by atoms with Gasteiger partial charge in [-0.2, -0.15) is 0 Å². The number of aromatic hydroxyl groups is 1. The van der Waals surface area contributed by atoms with Crippen LogP contribution in [0.3, 0.4) is 0 Å². The predicted molar refractivity (Wildman–Crippen MR) is 148 cm³/mol. The molecule has 194 valence electrons. The molecule has 0 saturated carbocycles. The Bertz CT molecular complexity index is 1940. The van der Waals surface area contributed by atoms with E-state index in [1.807, 2.05) is 24.3 Å². The maximum Gasteiger partial charge on any atom is 0.312 e. The van der Waals surface area contributed by atoms with Crippen LogP contribution < -0.4 is 14.9 Å². The second kappa shape index (κ2) is 9.40. The third kappa shape index (κ3) is 4.17. The van der Waals surface area contributed by atoms with Crippen LogP contribution in [-0.2, 0) is 6.42 Å². The van der Waals surface area contributed by atoms with Crippen LogP contribution in [0.1, 0.15) is 34.7 Å². The summed E-state index contributed by atoms with van der Waals surface area (Å²) in [7, 11) is 0. The highest BCUT2D eigenvalue weighted by atomic mass is 79.9. The van der Waals surface area contributed by atoms with Crippen molar-refractivity contribution >= 4 is 50.4 Å². The van der Waals surface area contributed by atoms with Gasteiger partial charge in [-0.1, -0.05) is 47.7 Å². The summed E-state index contributed by atoms with van der Waals surface area (Å²) in [6, 6.07) is 16.3. The largest absolute Gasteiger partial charge is 0.501 e. The van der Waals surface area contributed by atoms with Gasteiger partial charge in [0.1, 0.15) is 0 Å². The molecule has 0 amide bonds. The number of aromatic nitrogens is 1. The molecule has 10 nitrogen and oxygen atoms in total. The minimum atomic E-state index is -0.702. The molecule has 2 heterocycles. The summed E-state index contributed by atoms with van der Waals surface area (Å²) in [6.07, 6.45) is 2.89. The van der Waals surface area contributed by atoms with Crippen LogP contribution in [0.4, 0.5) is 11.4 Å². The number of aryl methyl sites for hydroxylation is 1. The van der Waals surface area contributed by atoms with Crippen LogP contribution in [0.5, 0.6) is 5.75 Å². The Hall–Kier alpha value is -4.42. The summed E-state index contributed by atoms with van der Waals surface area (Å²) in [4.78, 5) is 41.0. The van der Waals surface area contributed by atoms with Crippen molar-refractivity contribution in [2.45, 2.75) is 18.9 Å². The first-order chi connectivity index (χ1) is 18.7. The lowest BCUT2D eigenvalue weighted by atomic mass is 9.83. The van der Waals surface area contributed by atoms with Crippen LogP contribution >= 0.6 is 27.3 Å². The minimum Gasteiger partial charge on any atom is -0.501 e. The maximum absolute atomic E-state index is 13.8. The number of thiazole rings is 1. The molecule has 39 heavy (non-hydrogen) atoms. The molecule has 0 bridgehead atoms. The van der Waals surface area contributed by atoms with Crippen molar-refractivity contribution < 1.29 is 15.0 Å². The van der Waals surface area contributed by atoms with Crippen LogP contribution in [0, 0.1) is 20.2 Å². The second-order valence-electron chi connectivity index (χ2n) is 9.09. The Morgan fingerprint density at radius 3 is 2.62 bits per heavy atom. The van der Waals surface area contributed by atoms with E-state index in [0.29, 0.717) is 22.3 Å². The van der Waals surface area contributed by atoms with Crippen molar-refractivity contribution in [3.05, 3.63) is 133 Å². The molecule has 12 heteroatoms. The van der Waals surface area contributed by atoms with E-state index in [4.69, 9.17) is 4.99 Å². The molecule has 1 N–H and O–H groups in total. The lowest BCUT2D eigenvalue weighted by Gasteiger charge is -2.30. The molecular weight excluding hydrogens is 588 g/mol. The standard InChI is InChI=1S/C27H17BrN4O6S/c28-20-10-14(11-21(25(20)33)32(37)38)12-22-26(34)30-24(16-5-3-6-17(13-16)31(35)36)19-9-8-15-4-1-2-7-18(15)23(19)29-27(30)39-22/h1-7,10-13,24,33H,8-9H2/b22-12+/t24-/m0/s1. The van der Waals surface area contributed by atoms with E-state index in [9.17, 15) is 30.1 Å². The molecule has 0 radical (unpaired) electrons. The Labute approximate surface area is 231 Å². The topological polar surface area (TPSA) is 141 Å². The van der Waals surface area contributed by atoms with Gasteiger partial charge in [-0.25, -0.2) is 4.99 Å². The number of fused-ring (bicyclic) bond motifs is 3. The van der Waals surface area contributed by atoms with Crippen molar-refractivity contribution in [1.29, 1.82) is 0 Å². The third-order valence-electron chi connectivity index (χ3n) is 6.83. The SMILES string of the molecule is O=c1/c(=C\c2cc(Br)c(O)c([N+](=O)[O-])c2)sc2n1[C@@H](c1cccc([N+](=O)[O-])c1)C1=C(N=2)c2ccccc2CC1. The van der Waals surface area contributed by atoms with Gasteiger partial charge in [-0.15, -0.1) is 0 Å². The molecule has 0 unspecified atom stereocenters. The molecule has 1 aliphatic carbocycles. The molecule has 0 saturated heterocycles. The number of phenolic OH excluding ortho intramolecular Hbond substituents is 1. The maximum atomic E-state index is 13.8. The average molecular weight is 605 g/mol. The molecule has 0 spiro atoms. The number of nitrogens with zero attached hydrogens (tertiary/aromatic N) is 4. The summed E-state index contributed by atoms with van der Waals surface area (Å²) in [5.74, 6) is -0.504. The molecule has 1 aliphatic heterocycles. The van der Waals surface area contributed by atoms with Crippen LogP contribution in [0.2, 0.25) is 0 Å². The average Bonchev–Trinajstić information content (AvgIpc) is 3.23. The summed E-state index contributed by atoms with van der Waals surface area (Å²) < 4.78 is 1.95. The summed E-state index contributed by atoms with van der Waals surface area (Å²) >= 11 is 4.27. The first-order valence-corrected chi connectivity index (χ1v) is 13.4. The number of rotatable bonds is 4. The number of halogens is 1. The lowest BCUT2D eigenvalue weighted by Crippen LogP contribution is -2.38. The Morgan fingerprint density at radius 2 is 1.85 bits per heavy atom. The van der Waals surface area contributed by atoms with E-state index < -0.39 is 27.3 Å². The minimum absolute atomic E-state index is 0.0776. The van der Waals surface area contributed by atoms with Gasteiger partial charge in [-0.3, -0.25) is 29.6 Å². The quantitative estimate of drug-likeness (QED) is 0.266. The molecular formula is C27H17BrN4O6S. The van der Waals surface area contributed by atoms with Gasteiger partial charge >= 0.3 is 5.69 Å². The van der Waals surface area contributed by atoms with E-state index in [1.54, 1.807) is 16.7 Å². The van der Waals surface area contributed by atoms with Gasteiger partial charge in [0, 0.05) is 23.8 Å². The van der Waals surface area contributed by atoms with Crippen molar-refractivity contribution in [3.8, 4) is 5.75 Å². The van der Waals surface area contributed by atoms with Gasteiger partial charge < -0.3 is 5.11 Å². The molecule has 6 rings (SSSR count). The Morgan fingerprint density at radius 1 is 1.05 bits per heavy atom. The number of nitro groups is 2. The summed E-state index contributed by atoms with van der Waals surface area (Å²) in [5.41, 5.74) is 3.76. The lowest BCUT2D eigenvalue weighted by molar-refractivity contribution is -0.386. The number of allylic oxidation sites excluding steroid dienone is 1. The van der Waals surface area contributed by atoms with Crippen LogP contribution in [0.15, 0.2) is 80.5 Å². The van der Waals surface area contributed by atoms with E-state index in [1.165, 1.54) is 30.3 Å². The van der Waals surface area contributed by atoms with Gasteiger partial charge in [0.15, 0.2) is 4.80 Å². The van der Waals surface area contributed by atoms with Crippen molar-refractivity contribution in [1.82, 2.24) is 4.57 Å². The van der Waals surface area contributed by atoms with Gasteiger partial charge in [-0.05, 0) is 63.2 Å². The van der Waals surface area contributed by atoms with E-state index in [2.05, 4.69) is 15.9 Å². The number of benzene rings is 3. The van der Waals surface area contributed by atoms with Crippen molar-refractivity contribution in [2.75, 3.05) is 0 Å². The van der Waals surface area contributed by atoms with Gasteiger partial charge in [0.25, 0.3) is 11.2 Å². The van der Waals surface area contributed by atoms with Gasteiger partial charge in [0.05, 0.1) is 30.6 Å². The number of nitro benzene ring substituents is 2. The third-order valence-corrected chi connectivity index (χ3v) is 8.42. The molecule has 0 fully saturated rings.